The highest BCUT2D eigenvalue weighted by Gasteiger charge is 2.57. The number of likely N-dealkylation sites (tertiary alicyclic amines) is 2. The van der Waals surface area contributed by atoms with Gasteiger partial charge < -0.3 is 9.64 Å². The molecule has 1 aromatic rings. The normalized spacial score (nSPS) is 22.7. The Labute approximate surface area is 149 Å². The van der Waals surface area contributed by atoms with Crippen LogP contribution in [0.15, 0.2) is 30.3 Å². The minimum Gasteiger partial charge on any atom is -0.444 e. The van der Waals surface area contributed by atoms with Gasteiger partial charge in [0, 0.05) is 44.1 Å². The summed E-state index contributed by atoms with van der Waals surface area (Å²) >= 11 is 0. The molecule has 2 aliphatic heterocycles. The summed E-state index contributed by atoms with van der Waals surface area (Å²) in [7, 11) is 0. The monoisotopic (exact) mass is 344 g/mol. The van der Waals surface area contributed by atoms with Crippen molar-refractivity contribution in [2.45, 2.75) is 39.8 Å². The van der Waals surface area contributed by atoms with E-state index < -0.39 is 5.60 Å². The van der Waals surface area contributed by atoms with E-state index in [0.29, 0.717) is 13.1 Å². The zero-order chi connectivity index (χ0) is 18.2. The number of amides is 1. The molecule has 1 aromatic carbocycles. The van der Waals surface area contributed by atoms with E-state index in [0.717, 1.165) is 19.6 Å². The van der Waals surface area contributed by atoms with E-state index in [-0.39, 0.29) is 23.2 Å². The minimum absolute atomic E-state index is 0.00472. The molecule has 1 amide bonds. The number of Topliss-reactive ketones (excluding diaryl/α,β-unsaturated/α-hetero) is 1. The first-order valence-electron chi connectivity index (χ1n) is 8.93. The molecule has 5 heteroatoms. The van der Waals surface area contributed by atoms with Gasteiger partial charge in [-0.05, 0) is 33.3 Å². The largest absolute Gasteiger partial charge is 0.444 e. The zero-order valence-corrected chi connectivity index (χ0v) is 15.6. The number of hydrogen-bond donors (Lipinski definition) is 0. The van der Waals surface area contributed by atoms with Crippen LogP contribution in [0.25, 0.3) is 0 Å². The van der Waals surface area contributed by atoms with Crippen LogP contribution in [-0.4, -0.2) is 53.5 Å². The molecule has 3 rings (SSSR count). The molecular weight excluding hydrogens is 316 g/mol. The number of benzene rings is 1. The van der Waals surface area contributed by atoms with Crippen LogP contribution in [-0.2, 0) is 16.1 Å². The van der Waals surface area contributed by atoms with Crippen molar-refractivity contribution >= 4 is 11.9 Å². The summed E-state index contributed by atoms with van der Waals surface area (Å²) in [6.45, 7) is 11.0. The predicted octanol–water partition coefficient (Wildman–Crippen LogP) is 2.94. The van der Waals surface area contributed by atoms with Gasteiger partial charge in [-0.2, -0.15) is 0 Å². The Morgan fingerprint density at radius 2 is 1.80 bits per heavy atom. The van der Waals surface area contributed by atoms with E-state index in [1.54, 1.807) is 11.8 Å². The van der Waals surface area contributed by atoms with Gasteiger partial charge in [0.05, 0.1) is 0 Å². The molecule has 1 spiro atoms. The van der Waals surface area contributed by atoms with Crippen LogP contribution in [0.1, 0.15) is 33.3 Å². The number of rotatable bonds is 3. The fourth-order valence-electron chi connectivity index (χ4n) is 4.08. The van der Waals surface area contributed by atoms with E-state index in [4.69, 9.17) is 4.74 Å². The molecule has 0 unspecified atom stereocenters. The Bertz CT molecular complexity index is 645. The van der Waals surface area contributed by atoms with E-state index in [1.807, 2.05) is 39.0 Å². The van der Waals surface area contributed by atoms with E-state index in [2.05, 4.69) is 17.0 Å². The van der Waals surface area contributed by atoms with Crippen molar-refractivity contribution in [2.75, 3.05) is 26.2 Å². The average Bonchev–Trinajstić information content (AvgIpc) is 2.84. The molecule has 0 aromatic heterocycles. The third-order valence-electron chi connectivity index (χ3n) is 5.12. The topological polar surface area (TPSA) is 49.9 Å². The van der Waals surface area contributed by atoms with E-state index in [1.165, 1.54) is 5.56 Å². The van der Waals surface area contributed by atoms with Gasteiger partial charge in [-0.1, -0.05) is 30.3 Å². The second-order valence-corrected chi connectivity index (χ2v) is 8.52. The summed E-state index contributed by atoms with van der Waals surface area (Å²) in [4.78, 5) is 28.5. The molecule has 2 fully saturated rings. The van der Waals surface area contributed by atoms with Gasteiger partial charge in [0.1, 0.15) is 11.4 Å². The fourth-order valence-corrected chi connectivity index (χ4v) is 4.08. The highest BCUT2D eigenvalue weighted by molar-refractivity contribution is 5.81. The average molecular weight is 344 g/mol. The molecule has 0 saturated carbocycles. The first-order chi connectivity index (χ1) is 11.7. The van der Waals surface area contributed by atoms with Crippen LogP contribution in [0.4, 0.5) is 4.79 Å². The maximum absolute atomic E-state index is 12.2. The lowest BCUT2D eigenvalue weighted by atomic mass is 9.70. The van der Waals surface area contributed by atoms with Crippen LogP contribution in [0, 0.1) is 11.3 Å². The van der Waals surface area contributed by atoms with Crippen LogP contribution in [0.3, 0.4) is 0 Å². The standard InChI is InChI=1S/C20H28N2O3/c1-15(23)17-11-21(10-16-8-6-5-7-9-16)12-20(17)13-22(14-20)18(24)25-19(2,3)4/h5-9,17H,10-14H2,1-4H3/t17-/m1/s1. The molecular formula is C20H28N2O3. The molecule has 5 nitrogen and oxygen atoms in total. The maximum atomic E-state index is 12.2. The van der Waals surface area contributed by atoms with Crippen LogP contribution in [0.2, 0.25) is 0 Å². The summed E-state index contributed by atoms with van der Waals surface area (Å²) in [5, 5.41) is 0. The smallest absolute Gasteiger partial charge is 0.410 e. The molecule has 2 saturated heterocycles. The molecule has 1 atom stereocenters. The third kappa shape index (κ3) is 3.87. The van der Waals surface area contributed by atoms with Crippen LogP contribution >= 0.6 is 0 Å². The molecule has 0 N–H and O–H groups in total. The second kappa shape index (κ2) is 6.45. The van der Waals surface area contributed by atoms with Gasteiger partial charge in [-0.15, -0.1) is 0 Å². The van der Waals surface area contributed by atoms with Gasteiger partial charge in [-0.25, -0.2) is 4.79 Å². The summed E-state index contributed by atoms with van der Waals surface area (Å²) in [5.74, 6) is 0.217. The fraction of sp³-hybridized carbons (Fsp3) is 0.600. The highest BCUT2D eigenvalue weighted by Crippen LogP contribution is 2.45. The lowest BCUT2D eigenvalue weighted by Crippen LogP contribution is -2.63. The Kier molecular flexibility index (Phi) is 4.62. The maximum Gasteiger partial charge on any atom is 0.410 e. The number of ketones is 1. The molecule has 136 valence electrons. The zero-order valence-electron chi connectivity index (χ0n) is 15.6. The number of carbonyl (C=O) groups is 2. The van der Waals surface area contributed by atoms with Crippen molar-refractivity contribution in [3.63, 3.8) is 0 Å². The number of hydrogen-bond acceptors (Lipinski definition) is 4. The van der Waals surface area contributed by atoms with Crippen LogP contribution < -0.4 is 0 Å². The summed E-state index contributed by atoms with van der Waals surface area (Å²) in [5.41, 5.74) is 0.650. The molecule has 2 heterocycles. The van der Waals surface area contributed by atoms with Gasteiger partial charge >= 0.3 is 6.09 Å². The molecule has 25 heavy (non-hydrogen) atoms. The number of ether oxygens (including phenoxy) is 1. The summed E-state index contributed by atoms with van der Waals surface area (Å²) in [6.07, 6.45) is -0.276. The van der Waals surface area contributed by atoms with E-state index in [9.17, 15) is 9.59 Å². The lowest BCUT2D eigenvalue weighted by molar-refractivity contribution is -0.128. The molecule has 0 bridgehead atoms. The quantitative estimate of drug-likeness (QED) is 0.846. The first-order valence-corrected chi connectivity index (χ1v) is 8.93. The van der Waals surface area contributed by atoms with Gasteiger partial charge in [0.25, 0.3) is 0 Å². The van der Waals surface area contributed by atoms with Crippen molar-refractivity contribution in [2.24, 2.45) is 11.3 Å². The second-order valence-electron chi connectivity index (χ2n) is 8.52. The van der Waals surface area contributed by atoms with Crippen molar-refractivity contribution in [1.82, 2.24) is 9.80 Å². The number of nitrogens with zero attached hydrogens (tertiary/aromatic N) is 2. The van der Waals surface area contributed by atoms with Crippen molar-refractivity contribution in [1.29, 1.82) is 0 Å². The summed E-state index contributed by atoms with van der Waals surface area (Å²) < 4.78 is 5.45. The van der Waals surface area contributed by atoms with Crippen molar-refractivity contribution in [3.8, 4) is 0 Å². The minimum atomic E-state index is -0.491. The van der Waals surface area contributed by atoms with Gasteiger partial charge in [0.15, 0.2) is 0 Å². The highest BCUT2D eigenvalue weighted by atomic mass is 16.6. The van der Waals surface area contributed by atoms with Gasteiger partial charge in [-0.3, -0.25) is 9.69 Å². The van der Waals surface area contributed by atoms with E-state index >= 15 is 0 Å². The van der Waals surface area contributed by atoms with Crippen molar-refractivity contribution < 1.29 is 14.3 Å². The number of carbonyl (C=O) groups excluding carboxylic acids is 2. The predicted molar refractivity (Wildman–Crippen MR) is 96.1 cm³/mol. The molecule has 2 aliphatic rings. The first kappa shape index (κ1) is 17.9. The Morgan fingerprint density at radius 3 is 2.36 bits per heavy atom. The van der Waals surface area contributed by atoms with Gasteiger partial charge in [0.2, 0.25) is 0 Å². The molecule has 0 aliphatic carbocycles. The lowest BCUT2D eigenvalue weighted by Gasteiger charge is -2.50. The molecule has 0 radical (unpaired) electrons. The SMILES string of the molecule is CC(=O)[C@H]1CN(Cc2ccccc2)CC12CN(C(=O)OC(C)(C)C)C2. The Morgan fingerprint density at radius 1 is 1.16 bits per heavy atom. The third-order valence-corrected chi connectivity index (χ3v) is 5.12. The Hall–Kier alpha value is -1.88. The Balaban J connectivity index is 1.65. The van der Waals surface area contributed by atoms with Crippen molar-refractivity contribution in [3.05, 3.63) is 35.9 Å². The van der Waals surface area contributed by atoms with Crippen LogP contribution in [0.5, 0.6) is 0 Å². The summed E-state index contributed by atoms with van der Waals surface area (Å²) in [6, 6.07) is 10.3.